The molecule has 1 rings (SSSR count). The van der Waals surface area contributed by atoms with Gasteiger partial charge in [-0.3, -0.25) is 9.69 Å². The number of benzene rings is 1. The van der Waals surface area contributed by atoms with E-state index in [4.69, 9.17) is 0 Å². The van der Waals surface area contributed by atoms with Crippen molar-refractivity contribution < 1.29 is 9.90 Å². The second kappa shape index (κ2) is 8.02. The zero-order chi connectivity index (χ0) is 15.1. The van der Waals surface area contributed by atoms with Crippen LogP contribution in [0.1, 0.15) is 36.2 Å². The van der Waals surface area contributed by atoms with Crippen LogP contribution in [0.3, 0.4) is 0 Å². The van der Waals surface area contributed by atoms with E-state index in [2.05, 4.69) is 30.8 Å². The van der Waals surface area contributed by atoms with Gasteiger partial charge >= 0.3 is 0 Å². The molecule has 4 nitrogen and oxygen atoms in total. The number of ketones is 1. The second-order valence-corrected chi connectivity index (χ2v) is 5.43. The molecule has 20 heavy (non-hydrogen) atoms. The molecule has 0 fully saturated rings. The van der Waals surface area contributed by atoms with Crippen molar-refractivity contribution >= 4 is 5.78 Å². The number of carbonyl (C=O) groups excluding carboxylic acids is 1. The van der Waals surface area contributed by atoms with E-state index in [0.29, 0.717) is 12.1 Å². The molecule has 0 unspecified atom stereocenters. The van der Waals surface area contributed by atoms with E-state index in [1.54, 1.807) is 25.1 Å². The number of nitrogens with zero attached hydrogens (tertiary/aromatic N) is 2. The lowest BCUT2D eigenvalue weighted by Gasteiger charge is -2.22. The molecule has 0 radical (unpaired) electrons. The van der Waals surface area contributed by atoms with Gasteiger partial charge in [0.15, 0.2) is 5.78 Å². The van der Waals surface area contributed by atoms with E-state index in [0.717, 1.165) is 31.6 Å². The van der Waals surface area contributed by atoms with Crippen molar-refractivity contribution in [2.45, 2.75) is 26.8 Å². The minimum atomic E-state index is 0.0295. The first-order chi connectivity index (χ1) is 9.43. The van der Waals surface area contributed by atoms with Crippen LogP contribution in [0.5, 0.6) is 5.75 Å². The molecule has 0 aromatic heterocycles. The Kier molecular flexibility index (Phi) is 6.68. The Morgan fingerprint density at radius 2 is 1.95 bits per heavy atom. The fourth-order valence-electron chi connectivity index (χ4n) is 2.13. The first kappa shape index (κ1) is 16.7. The molecule has 0 amide bonds. The summed E-state index contributed by atoms with van der Waals surface area (Å²) in [5.41, 5.74) is 1.48. The van der Waals surface area contributed by atoms with Crippen molar-refractivity contribution in [3.05, 3.63) is 29.3 Å². The Bertz CT molecular complexity index is 444. The van der Waals surface area contributed by atoms with Crippen molar-refractivity contribution in [3.8, 4) is 5.75 Å². The van der Waals surface area contributed by atoms with Crippen molar-refractivity contribution in [3.63, 3.8) is 0 Å². The molecule has 1 N–H and O–H groups in total. The van der Waals surface area contributed by atoms with E-state index < -0.39 is 0 Å². The molecule has 0 heterocycles. The predicted molar refractivity (Wildman–Crippen MR) is 82.2 cm³/mol. The van der Waals surface area contributed by atoms with Crippen molar-refractivity contribution in [1.29, 1.82) is 0 Å². The zero-order valence-corrected chi connectivity index (χ0v) is 13.0. The van der Waals surface area contributed by atoms with Crippen molar-refractivity contribution in [2.75, 3.05) is 33.7 Å². The van der Waals surface area contributed by atoms with Gasteiger partial charge in [0.25, 0.3) is 0 Å². The number of Topliss-reactive ketones (excluding diaryl/α,β-unsaturated/α-hetero) is 1. The molecule has 4 heteroatoms. The summed E-state index contributed by atoms with van der Waals surface area (Å²) in [7, 11) is 4.14. The highest BCUT2D eigenvalue weighted by molar-refractivity contribution is 5.94. The lowest BCUT2D eigenvalue weighted by molar-refractivity contribution is 0.101. The molecular formula is C16H26N2O2. The van der Waals surface area contributed by atoms with E-state index in [-0.39, 0.29) is 11.5 Å². The maximum absolute atomic E-state index is 11.4. The quantitative estimate of drug-likeness (QED) is 0.741. The summed E-state index contributed by atoms with van der Waals surface area (Å²) in [4.78, 5) is 15.9. The molecule has 112 valence electrons. The van der Waals surface area contributed by atoms with Crippen LogP contribution in [0.4, 0.5) is 0 Å². The Morgan fingerprint density at radius 1 is 1.25 bits per heavy atom. The van der Waals surface area contributed by atoms with Gasteiger partial charge in [0.1, 0.15) is 5.75 Å². The smallest absolute Gasteiger partial charge is 0.159 e. The zero-order valence-electron chi connectivity index (χ0n) is 13.0. The summed E-state index contributed by atoms with van der Waals surface area (Å²) < 4.78 is 0. The Balaban J connectivity index is 2.68. The predicted octanol–water partition coefficient (Wildman–Crippen LogP) is 2.37. The maximum Gasteiger partial charge on any atom is 0.159 e. The van der Waals surface area contributed by atoms with Crippen LogP contribution < -0.4 is 0 Å². The lowest BCUT2D eigenvalue weighted by Crippen LogP contribution is -2.27. The average Bonchev–Trinajstić information content (AvgIpc) is 2.39. The van der Waals surface area contributed by atoms with E-state index >= 15 is 0 Å². The van der Waals surface area contributed by atoms with Gasteiger partial charge in [-0.1, -0.05) is 6.92 Å². The topological polar surface area (TPSA) is 43.8 Å². The van der Waals surface area contributed by atoms with Crippen LogP contribution >= 0.6 is 0 Å². The summed E-state index contributed by atoms with van der Waals surface area (Å²) in [6, 6.07) is 5.08. The summed E-state index contributed by atoms with van der Waals surface area (Å²) in [5, 5.41) is 9.93. The Hall–Kier alpha value is -1.39. The maximum atomic E-state index is 11.4. The SMILES string of the molecule is CCN(CCCN(C)C)Cc1cc(C(C)=O)ccc1O. The fourth-order valence-corrected chi connectivity index (χ4v) is 2.13. The number of phenols is 1. The highest BCUT2D eigenvalue weighted by Gasteiger charge is 2.10. The van der Waals surface area contributed by atoms with Crippen LogP contribution in [0.15, 0.2) is 18.2 Å². The number of phenolic OH excluding ortho intramolecular Hbond substituents is 1. The minimum absolute atomic E-state index is 0.0295. The van der Waals surface area contributed by atoms with Crippen LogP contribution in [0.2, 0.25) is 0 Å². The van der Waals surface area contributed by atoms with E-state index in [1.165, 1.54) is 0 Å². The second-order valence-electron chi connectivity index (χ2n) is 5.43. The van der Waals surface area contributed by atoms with Gasteiger partial charge in [0, 0.05) is 17.7 Å². The van der Waals surface area contributed by atoms with Crippen LogP contribution in [-0.2, 0) is 6.54 Å². The molecule has 0 aliphatic rings. The van der Waals surface area contributed by atoms with E-state index in [1.807, 2.05) is 0 Å². The number of aromatic hydroxyl groups is 1. The normalized spacial score (nSPS) is 11.3. The molecule has 1 aromatic rings. The van der Waals surface area contributed by atoms with Crippen molar-refractivity contribution in [2.24, 2.45) is 0 Å². The molecule has 0 saturated heterocycles. The van der Waals surface area contributed by atoms with Crippen molar-refractivity contribution in [1.82, 2.24) is 9.80 Å². The number of rotatable bonds is 8. The number of hydrogen-bond acceptors (Lipinski definition) is 4. The van der Waals surface area contributed by atoms with Gasteiger partial charge < -0.3 is 10.0 Å². The third-order valence-electron chi connectivity index (χ3n) is 3.41. The molecule has 0 aliphatic carbocycles. The lowest BCUT2D eigenvalue weighted by atomic mass is 10.1. The summed E-state index contributed by atoms with van der Waals surface area (Å²) in [6.45, 7) is 7.30. The first-order valence-corrected chi connectivity index (χ1v) is 7.14. The third-order valence-corrected chi connectivity index (χ3v) is 3.41. The average molecular weight is 278 g/mol. The van der Waals surface area contributed by atoms with Gasteiger partial charge in [-0.05, 0) is 65.3 Å². The number of hydrogen-bond donors (Lipinski definition) is 1. The van der Waals surface area contributed by atoms with E-state index in [9.17, 15) is 9.90 Å². The first-order valence-electron chi connectivity index (χ1n) is 7.14. The summed E-state index contributed by atoms with van der Waals surface area (Å²) >= 11 is 0. The number of carbonyl (C=O) groups is 1. The van der Waals surface area contributed by atoms with Gasteiger partial charge in [-0.2, -0.15) is 0 Å². The van der Waals surface area contributed by atoms with Crippen LogP contribution in [0, 0.1) is 0 Å². The molecule has 0 spiro atoms. The monoisotopic (exact) mass is 278 g/mol. The standard InChI is InChI=1S/C16H26N2O2/c1-5-18(10-6-9-17(3)4)12-15-11-14(13(2)19)7-8-16(15)20/h7-8,11,20H,5-6,9-10,12H2,1-4H3. The third kappa shape index (κ3) is 5.31. The fraction of sp³-hybridized carbons (Fsp3) is 0.562. The van der Waals surface area contributed by atoms with Crippen LogP contribution in [-0.4, -0.2) is 54.4 Å². The van der Waals surface area contributed by atoms with Gasteiger partial charge in [-0.25, -0.2) is 0 Å². The summed E-state index contributed by atoms with van der Waals surface area (Å²) in [6.07, 6.45) is 1.09. The Labute approximate surface area is 122 Å². The molecule has 0 saturated carbocycles. The highest BCUT2D eigenvalue weighted by Crippen LogP contribution is 2.20. The highest BCUT2D eigenvalue weighted by atomic mass is 16.3. The van der Waals surface area contributed by atoms with Gasteiger partial charge in [0.05, 0.1) is 0 Å². The molecule has 0 atom stereocenters. The van der Waals surface area contributed by atoms with Crippen LogP contribution in [0.25, 0.3) is 0 Å². The molecule has 1 aromatic carbocycles. The largest absolute Gasteiger partial charge is 0.508 e. The molecule has 0 bridgehead atoms. The molecule has 0 aliphatic heterocycles. The summed E-state index contributed by atoms with van der Waals surface area (Å²) in [5.74, 6) is 0.294. The Morgan fingerprint density at radius 3 is 2.50 bits per heavy atom. The minimum Gasteiger partial charge on any atom is -0.508 e. The molecular weight excluding hydrogens is 252 g/mol. The van der Waals surface area contributed by atoms with Gasteiger partial charge in [0.2, 0.25) is 0 Å². The van der Waals surface area contributed by atoms with Gasteiger partial charge in [-0.15, -0.1) is 0 Å².